The van der Waals surface area contributed by atoms with E-state index in [1.165, 1.54) is 29.2 Å². The van der Waals surface area contributed by atoms with E-state index < -0.39 is 34.1 Å². The molecule has 0 unspecified atom stereocenters. The second-order valence-corrected chi connectivity index (χ2v) is 12.8. The van der Waals surface area contributed by atoms with Crippen LogP contribution in [0.3, 0.4) is 0 Å². The lowest BCUT2D eigenvalue weighted by atomic mass is 10.1. The molecule has 3 aromatic carbocycles. The molecule has 0 bridgehead atoms. The molecule has 214 valence electrons. The van der Waals surface area contributed by atoms with E-state index in [4.69, 9.17) is 16.3 Å². The van der Waals surface area contributed by atoms with E-state index in [9.17, 15) is 18.0 Å². The Hall–Kier alpha value is -3.56. The van der Waals surface area contributed by atoms with Gasteiger partial charge < -0.3 is 15.0 Å². The van der Waals surface area contributed by atoms with Crippen molar-refractivity contribution in [3.63, 3.8) is 0 Å². The highest BCUT2D eigenvalue weighted by Crippen LogP contribution is 2.28. The van der Waals surface area contributed by atoms with Crippen molar-refractivity contribution in [1.29, 1.82) is 0 Å². The molecule has 0 heterocycles. The number of halogens is 1. The van der Waals surface area contributed by atoms with Gasteiger partial charge in [0.15, 0.2) is 0 Å². The van der Waals surface area contributed by atoms with Crippen LogP contribution in [0.5, 0.6) is 5.75 Å². The van der Waals surface area contributed by atoms with E-state index in [1.807, 2.05) is 20.8 Å². The lowest BCUT2D eigenvalue weighted by molar-refractivity contribution is -0.140. The molecule has 0 aromatic heterocycles. The van der Waals surface area contributed by atoms with E-state index >= 15 is 0 Å². The minimum atomic E-state index is -4.17. The van der Waals surface area contributed by atoms with Crippen LogP contribution < -0.4 is 14.4 Å². The molecule has 0 fully saturated rings. The number of hydrogen-bond donors (Lipinski definition) is 1. The highest BCUT2D eigenvalue weighted by atomic mass is 35.5. The van der Waals surface area contributed by atoms with Gasteiger partial charge in [-0.1, -0.05) is 41.9 Å². The fourth-order valence-corrected chi connectivity index (χ4v) is 5.68. The van der Waals surface area contributed by atoms with E-state index in [0.29, 0.717) is 22.0 Å². The van der Waals surface area contributed by atoms with Crippen molar-refractivity contribution in [3.05, 3.63) is 88.9 Å². The van der Waals surface area contributed by atoms with Crippen molar-refractivity contribution >= 4 is 39.1 Å². The van der Waals surface area contributed by atoms with E-state index in [-0.39, 0.29) is 17.3 Å². The van der Waals surface area contributed by atoms with Gasteiger partial charge >= 0.3 is 0 Å². The van der Waals surface area contributed by atoms with Gasteiger partial charge in [0.05, 0.1) is 17.7 Å². The number of carbonyl (C=O) groups excluding carboxylic acids is 2. The maximum absolute atomic E-state index is 14.0. The Labute approximate surface area is 241 Å². The number of aryl methyl sites for hydroxylation is 1. The highest BCUT2D eigenvalue weighted by Gasteiger charge is 2.33. The van der Waals surface area contributed by atoms with Gasteiger partial charge in [0.2, 0.25) is 11.8 Å². The summed E-state index contributed by atoms with van der Waals surface area (Å²) in [5.41, 5.74) is 1.27. The van der Waals surface area contributed by atoms with Crippen LogP contribution in [-0.4, -0.2) is 50.4 Å². The number of rotatable bonds is 10. The summed E-state index contributed by atoms with van der Waals surface area (Å²) >= 11 is 6.00. The summed E-state index contributed by atoms with van der Waals surface area (Å²) in [5, 5.41) is 3.31. The third-order valence-electron chi connectivity index (χ3n) is 6.24. The molecular formula is C30H36ClN3O5S. The van der Waals surface area contributed by atoms with Crippen LogP contribution in [0.2, 0.25) is 5.02 Å². The molecule has 0 aliphatic rings. The third kappa shape index (κ3) is 7.76. The zero-order valence-electron chi connectivity index (χ0n) is 23.6. The highest BCUT2D eigenvalue weighted by molar-refractivity contribution is 7.92. The molecule has 3 rings (SSSR count). The summed E-state index contributed by atoms with van der Waals surface area (Å²) in [4.78, 5) is 28.6. The molecule has 2 amide bonds. The molecule has 0 aliphatic carbocycles. The zero-order valence-corrected chi connectivity index (χ0v) is 25.2. The van der Waals surface area contributed by atoms with Gasteiger partial charge in [0, 0.05) is 17.1 Å². The maximum Gasteiger partial charge on any atom is 0.264 e. The molecule has 1 N–H and O–H groups in total. The molecule has 0 spiro atoms. The number of anilines is 1. The summed E-state index contributed by atoms with van der Waals surface area (Å²) in [6.45, 7) is 8.54. The summed E-state index contributed by atoms with van der Waals surface area (Å²) in [6.07, 6.45) is 0. The van der Waals surface area contributed by atoms with Crippen molar-refractivity contribution in [2.24, 2.45) is 0 Å². The number of ether oxygens (including phenoxy) is 1. The monoisotopic (exact) mass is 585 g/mol. The SMILES string of the molecule is COc1ccc(CN(C(=O)CN(c2ccccc2C)S(=O)(=O)c2ccc(Cl)cc2)[C@@H](C)C(=O)NC(C)(C)C)cc1. The summed E-state index contributed by atoms with van der Waals surface area (Å²) in [7, 11) is -2.61. The van der Waals surface area contributed by atoms with Crippen molar-refractivity contribution in [2.45, 2.75) is 57.6 Å². The maximum atomic E-state index is 14.0. The number of hydrogen-bond acceptors (Lipinski definition) is 5. The second-order valence-electron chi connectivity index (χ2n) is 10.5. The van der Waals surface area contributed by atoms with Crippen LogP contribution in [0, 0.1) is 6.92 Å². The zero-order chi connectivity index (χ0) is 29.7. The summed E-state index contributed by atoms with van der Waals surface area (Å²) in [5.74, 6) is -0.231. The van der Waals surface area contributed by atoms with E-state index in [0.717, 1.165) is 9.87 Å². The quantitative estimate of drug-likeness (QED) is 0.353. The van der Waals surface area contributed by atoms with Gasteiger partial charge in [-0.05, 0) is 88.2 Å². The molecule has 1 atom stereocenters. The normalized spacial score (nSPS) is 12.4. The van der Waals surface area contributed by atoms with Gasteiger partial charge in [0.1, 0.15) is 18.3 Å². The first-order valence-corrected chi connectivity index (χ1v) is 14.6. The van der Waals surface area contributed by atoms with Crippen molar-refractivity contribution in [1.82, 2.24) is 10.2 Å². The fraction of sp³-hybridized carbons (Fsp3) is 0.333. The Bertz CT molecular complexity index is 1440. The number of sulfonamides is 1. The van der Waals surface area contributed by atoms with Crippen LogP contribution in [0.25, 0.3) is 0 Å². The average molecular weight is 586 g/mol. The minimum Gasteiger partial charge on any atom is -0.497 e. The van der Waals surface area contributed by atoms with Crippen LogP contribution in [0.15, 0.2) is 77.7 Å². The fourth-order valence-electron chi connectivity index (χ4n) is 4.07. The summed E-state index contributed by atoms with van der Waals surface area (Å²) in [6, 6.07) is 19.0. The average Bonchev–Trinajstić information content (AvgIpc) is 2.90. The first kappa shape index (κ1) is 31.0. The first-order valence-electron chi connectivity index (χ1n) is 12.8. The van der Waals surface area contributed by atoms with Gasteiger partial charge in [-0.15, -0.1) is 0 Å². The van der Waals surface area contributed by atoms with Gasteiger partial charge in [0.25, 0.3) is 10.0 Å². The van der Waals surface area contributed by atoms with Gasteiger partial charge in [-0.3, -0.25) is 13.9 Å². The summed E-state index contributed by atoms with van der Waals surface area (Å²) < 4.78 is 34.1. The first-order chi connectivity index (χ1) is 18.7. The smallest absolute Gasteiger partial charge is 0.264 e. The van der Waals surface area contributed by atoms with Crippen molar-refractivity contribution in [2.75, 3.05) is 18.0 Å². The Morgan fingerprint density at radius 1 is 0.975 bits per heavy atom. The lowest BCUT2D eigenvalue weighted by Crippen LogP contribution is -2.54. The van der Waals surface area contributed by atoms with Crippen LogP contribution in [-0.2, 0) is 26.2 Å². The molecule has 0 saturated carbocycles. The molecule has 3 aromatic rings. The number of carbonyl (C=O) groups is 2. The number of methoxy groups -OCH3 is 1. The standard InChI is InChI=1S/C30H36ClN3O5S/c1-21-9-7-8-10-27(21)34(40(37,38)26-17-13-24(31)14-18-26)20-28(35)33(22(2)29(36)32-30(3,4)5)19-23-11-15-25(39-6)16-12-23/h7-18,22H,19-20H2,1-6H3,(H,32,36)/t22-/m0/s1. The number of para-hydroxylation sites is 1. The van der Waals surface area contributed by atoms with Crippen LogP contribution >= 0.6 is 11.6 Å². The van der Waals surface area contributed by atoms with Gasteiger partial charge in [-0.2, -0.15) is 0 Å². The number of benzene rings is 3. The van der Waals surface area contributed by atoms with Gasteiger partial charge in [-0.25, -0.2) is 8.42 Å². The van der Waals surface area contributed by atoms with Crippen molar-refractivity contribution < 1.29 is 22.7 Å². The Morgan fingerprint density at radius 3 is 2.12 bits per heavy atom. The number of amides is 2. The topological polar surface area (TPSA) is 96.0 Å². The molecule has 40 heavy (non-hydrogen) atoms. The predicted molar refractivity (Wildman–Crippen MR) is 158 cm³/mol. The van der Waals surface area contributed by atoms with Crippen LogP contribution in [0.1, 0.15) is 38.8 Å². The largest absolute Gasteiger partial charge is 0.497 e. The van der Waals surface area contributed by atoms with Crippen LogP contribution in [0.4, 0.5) is 5.69 Å². The van der Waals surface area contributed by atoms with Crippen molar-refractivity contribution in [3.8, 4) is 5.75 Å². The third-order valence-corrected chi connectivity index (χ3v) is 8.27. The molecular weight excluding hydrogens is 550 g/mol. The Balaban J connectivity index is 2.04. The molecule has 8 nitrogen and oxygen atoms in total. The second kappa shape index (κ2) is 12.7. The van der Waals surface area contributed by atoms with E-state index in [2.05, 4.69) is 5.32 Å². The molecule has 0 aliphatic heterocycles. The molecule has 0 radical (unpaired) electrons. The predicted octanol–water partition coefficient (Wildman–Crippen LogP) is 5.18. The Morgan fingerprint density at radius 2 is 1.57 bits per heavy atom. The minimum absolute atomic E-state index is 0.00631. The van der Waals surface area contributed by atoms with E-state index in [1.54, 1.807) is 69.5 Å². The lowest BCUT2D eigenvalue weighted by Gasteiger charge is -2.33. The number of nitrogens with one attached hydrogen (secondary N) is 1. The molecule has 0 saturated heterocycles. The molecule has 10 heteroatoms. The Kier molecular flexibility index (Phi) is 9.87. The number of nitrogens with zero attached hydrogens (tertiary/aromatic N) is 2.